The second kappa shape index (κ2) is 6.27. The predicted molar refractivity (Wildman–Crippen MR) is 92.1 cm³/mol. The standard InChI is InChI=1S/C19H23NO7/c1-18(2)25-13-14(26-18)19(27-16(13)24-4)9-10-20(17(19)22)15(21)11-5-7-12(23-3)8-6-11/h5-8,13-14,16H,9-10H2,1-4H3/t13-,14+,16-,19+/m1/s1. The first-order valence-corrected chi connectivity index (χ1v) is 8.88. The monoisotopic (exact) mass is 377 g/mol. The number of likely N-dealkylation sites (tertiary alicyclic amines) is 1. The highest BCUT2D eigenvalue weighted by Gasteiger charge is 2.69. The summed E-state index contributed by atoms with van der Waals surface area (Å²) in [6.07, 6.45) is -1.55. The maximum atomic E-state index is 13.2. The molecule has 3 saturated heterocycles. The van der Waals surface area contributed by atoms with Gasteiger partial charge in [0.25, 0.3) is 11.8 Å². The van der Waals surface area contributed by atoms with Gasteiger partial charge in [-0.15, -0.1) is 0 Å². The van der Waals surface area contributed by atoms with E-state index < -0.39 is 35.8 Å². The third-order valence-corrected chi connectivity index (χ3v) is 5.31. The van der Waals surface area contributed by atoms with E-state index in [4.69, 9.17) is 23.7 Å². The molecule has 27 heavy (non-hydrogen) atoms. The molecule has 0 aliphatic carbocycles. The quantitative estimate of drug-likeness (QED) is 0.735. The third kappa shape index (κ3) is 2.75. The number of amides is 2. The van der Waals surface area contributed by atoms with E-state index in [9.17, 15) is 9.59 Å². The van der Waals surface area contributed by atoms with Crippen molar-refractivity contribution in [2.24, 2.45) is 0 Å². The van der Waals surface area contributed by atoms with Gasteiger partial charge in [0.1, 0.15) is 18.0 Å². The lowest BCUT2D eigenvalue weighted by Crippen LogP contribution is -2.50. The van der Waals surface area contributed by atoms with Crippen molar-refractivity contribution in [1.29, 1.82) is 0 Å². The summed E-state index contributed by atoms with van der Waals surface area (Å²) >= 11 is 0. The number of nitrogens with zero attached hydrogens (tertiary/aromatic N) is 1. The van der Waals surface area contributed by atoms with Gasteiger partial charge < -0.3 is 23.7 Å². The zero-order valence-electron chi connectivity index (χ0n) is 15.8. The topological polar surface area (TPSA) is 83.5 Å². The summed E-state index contributed by atoms with van der Waals surface area (Å²) in [6.45, 7) is 3.81. The lowest BCUT2D eigenvalue weighted by molar-refractivity contribution is -0.245. The van der Waals surface area contributed by atoms with Gasteiger partial charge in [-0.2, -0.15) is 0 Å². The van der Waals surface area contributed by atoms with Gasteiger partial charge >= 0.3 is 0 Å². The van der Waals surface area contributed by atoms with Gasteiger partial charge in [0.15, 0.2) is 17.7 Å². The molecule has 0 aromatic heterocycles. The lowest BCUT2D eigenvalue weighted by Gasteiger charge is -2.29. The molecular formula is C19H23NO7. The Labute approximate surface area is 157 Å². The Balaban J connectivity index is 1.60. The highest BCUT2D eigenvalue weighted by Crippen LogP contribution is 2.48. The minimum absolute atomic E-state index is 0.243. The maximum absolute atomic E-state index is 13.2. The molecule has 3 aliphatic heterocycles. The molecule has 146 valence electrons. The normalized spacial score (nSPS) is 34.3. The Morgan fingerprint density at radius 3 is 2.48 bits per heavy atom. The number of carbonyl (C=O) groups is 2. The number of imide groups is 1. The van der Waals surface area contributed by atoms with Gasteiger partial charge in [0, 0.05) is 25.6 Å². The molecule has 0 unspecified atom stereocenters. The molecule has 8 nitrogen and oxygen atoms in total. The minimum Gasteiger partial charge on any atom is -0.497 e. The first-order valence-electron chi connectivity index (χ1n) is 8.88. The van der Waals surface area contributed by atoms with E-state index in [0.717, 1.165) is 0 Å². The summed E-state index contributed by atoms with van der Waals surface area (Å²) in [7, 11) is 3.05. The number of methoxy groups -OCH3 is 2. The fourth-order valence-corrected chi connectivity index (χ4v) is 4.04. The van der Waals surface area contributed by atoms with E-state index in [-0.39, 0.29) is 12.5 Å². The molecule has 0 radical (unpaired) electrons. The average molecular weight is 377 g/mol. The lowest BCUT2D eigenvalue weighted by atomic mass is 9.93. The highest BCUT2D eigenvalue weighted by molar-refractivity contribution is 6.08. The maximum Gasteiger partial charge on any atom is 0.264 e. The van der Waals surface area contributed by atoms with Gasteiger partial charge in [-0.05, 0) is 38.1 Å². The number of hydrogen-bond acceptors (Lipinski definition) is 7. The van der Waals surface area contributed by atoms with Crippen molar-refractivity contribution < 1.29 is 33.3 Å². The number of hydrogen-bond donors (Lipinski definition) is 0. The summed E-state index contributed by atoms with van der Waals surface area (Å²) in [5.41, 5.74) is -0.871. The Hall–Kier alpha value is -2.00. The molecule has 0 saturated carbocycles. The number of rotatable bonds is 3. The average Bonchev–Trinajstić information content (AvgIpc) is 3.25. The number of fused-ring (bicyclic) bond motifs is 2. The second-order valence-electron chi connectivity index (χ2n) is 7.37. The van der Waals surface area contributed by atoms with Crippen LogP contribution in [0.25, 0.3) is 0 Å². The molecule has 2 amide bonds. The fraction of sp³-hybridized carbons (Fsp3) is 0.579. The Morgan fingerprint density at radius 1 is 1.15 bits per heavy atom. The van der Waals surface area contributed by atoms with Crippen molar-refractivity contribution in [3.63, 3.8) is 0 Å². The number of carbonyl (C=O) groups excluding carboxylic acids is 2. The Kier molecular flexibility index (Phi) is 4.27. The van der Waals surface area contributed by atoms with Crippen LogP contribution >= 0.6 is 0 Å². The van der Waals surface area contributed by atoms with Crippen LogP contribution in [-0.2, 0) is 23.7 Å². The minimum atomic E-state index is -1.28. The van der Waals surface area contributed by atoms with Gasteiger partial charge in [0.05, 0.1) is 7.11 Å². The molecule has 1 spiro atoms. The second-order valence-corrected chi connectivity index (χ2v) is 7.37. The third-order valence-electron chi connectivity index (χ3n) is 5.31. The zero-order chi connectivity index (χ0) is 19.4. The van der Waals surface area contributed by atoms with E-state index in [0.29, 0.717) is 17.7 Å². The van der Waals surface area contributed by atoms with E-state index in [1.807, 2.05) is 0 Å². The Morgan fingerprint density at radius 2 is 1.85 bits per heavy atom. The molecule has 4 atom stereocenters. The summed E-state index contributed by atoms with van der Waals surface area (Å²) in [4.78, 5) is 27.3. The van der Waals surface area contributed by atoms with Crippen molar-refractivity contribution >= 4 is 11.8 Å². The van der Waals surface area contributed by atoms with E-state index in [2.05, 4.69) is 0 Å². The molecule has 0 N–H and O–H groups in total. The summed E-state index contributed by atoms with van der Waals surface area (Å²) in [5.74, 6) is -1.01. The zero-order valence-corrected chi connectivity index (χ0v) is 15.8. The molecule has 1 aromatic carbocycles. The SMILES string of the molecule is COc1ccc(C(=O)N2CC[C@@]3(O[C@@H](OC)[C@@H]4OC(C)(C)O[C@@H]43)C2=O)cc1. The first kappa shape index (κ1) is 18.4. The van der Waals surface area contributed by atoms with Crippen LogP contribution in [0.4, 0.5) is 0 Å². The molecule has 4 rings (SSSR count). The molecule has 3 heterocycles. The van der Waals surface area contributed by atoms with Crippen molar-refractivity contribution in [2.45, 2.75) is 50.2 Å². The van der Waals surface area contributed by atoms with Crippen LogP contribution in [0.15, 0.2) is 24.3 Å². The van der Waals surface area contributed by atoms with Crippen LogP contribution in [0.3, 0.4) is 0 Å². The molecule has 3 aliphatic rings. The van der Waals surface area contributed by atoms with Gasteiger partial charge in [-0.3, -0.25) is 14.5 Å². The van der Waals surface area contributed by atoms with Gasteiger partial charge in [-0.25, -0.2) is 0 Å². The van der Waals surface area contributed by atoms with Crippen molar-refractivity contribution in [3.05, 3.63) is 29.8 Å². The number of ether oxygens (including phenoxy) is 5. The molecular weight excluding hydrogens is 354 g/mol. The smallest absolute Gasteiger partial charge is 0.264 e. The largest absolute Gasteiger partial charge is 0.497 e. The van der Waals surface area contributed by atoms with Crippen LogP contribution in [0.1, 0.15) is 30.6 Å². The summed E-state index contributed by atoms with van der Waals surface area (Å²) in [6, 6.07) is 6.63. The molecule has 8 heteroatoms. The molecule has 1 aromatic rings. The first-order chi connectivity index (χ1) is 12.8. The van der Waals surface area contributed by atoms with E-state index in [1.165, 1.54) is 12.0 Å². The van der Waals surface area contributed by atoms with Gasteiger partial charge in [0.2, 0.25) is 0 Å². The molecule has 3 fully saturated rings. The number of benzene rings is 1. The predicted octanol–water partition coefficient (Wildman–Crippen LogP) is 1.33. The van der Waals surface area contributed by atoms with Crippen molar-refractivity contribution in [1.82, 2.24) is 4.90 Å². The van der Waals surface area contributed by atoms with Crippen LogP contribution < -0.4 is 4.74 Å². The van der Waals surface area contributed by atoms with Crippen LogP contribution in [0.5, 0.6) is 5.75 Å². The van der Waals surface area contributed by atoms with Gasteiger partial charge in [-0.1, -0.05) is 0 Å². The van der Waals surface area contributed by atoms with Crippen molar-refractivity contribution in [2.75, 3.05) is 20.8 Å². The Bertz CT molecular complexity index is 762. The van der Waals surface area contributed by atoms with Crippen LogP contribution in [-0.4, -0.2) is 67.4 Å². The van der Waals surface area contributed by atoms with Crippen LogP contribution in [0.2, 0.25) is 0 Å². The summed E-state index contributed by atoms with van der Waals surface area (Å²) < 4.78 is 28.3. The molecule has 0 bridgehead atoms. The summed E-state index contributed by atoms with van der Waals surface area (Å²) in [5, 5.41) is 0. The van der Waals surface area contributed by atoms with E-state index in [1.54, 1.807) is 45.2 Å². The van der Waals surface area contributed by atoms with Crippen molar-refractivity contribution in [3.8, 4) is 5.75 Å². The van der Waals surface area contributed by atoms with E-state index >= 15 is 0 Å². The van der Waals surface area contributed by atoms with Crippen LogP contribution in [0, 0.1) is 0 Å². The fourth-order valence-electron chi connectivity index (χ4n) is 4.04. The highest BCUT2D eigenvalue weighted by atomic mass is 16.8.